The van der Waals surface area contributed by atoms with Gasteiger partial charge in [0.05, 0.1) is 5.69 Å². The lowest BCUT2D eigenvalue weighted by atomic mass is 10.2. The van der Waals surface area contributed by atoms with Crippen molar-refractivity contribution in [3.63, 3.8) is 0 Å². The topological polar surface area (TPSA) is 75.2 Å². The van der Waals surface area contributed by atoms with Gasteiger partial charge in [-0.15, -0.1) is 0 Å². The van der Waals surface area contributed by atoms with E-state index in [9.17, 15) is 4.79 Å². The number of hydrogen-bond acceptors (Lipinski definition) is 4. The van der Waals surface area contributed by atoms with E-state index in [2.05, 4.69) is 15.6 Å². The lowest BCUT2D eigenvalue weighted by molar-refractivity contribution is -0.121. The van der Waals surface area contributed by atoms with Crippen LogP contribution in [0.15, 0.2) is 29.3 Å². The number of unbranched alkanes of at least 4 members (excludes halogenated alkanes) is 1. The highest BCUT2D eigenvalue weighted by molar-refractivity contribution is 5.97. The van der Waals surface area contributed by atoms with Crippen LogP contribution in [0.2, 0.25) is 0 Å². The zero-order valence-electron chi connectivity index (χ0n) is 15.8. The number of amides is 1. The van der Waals surface area contributed by atoms with Gasteiger partial charge in [-0.2, -0.15) is 0 Å². The molecule has 26 heavy (non-hydrogen) atoms. The van der Waals surface area contributed by atoms with Gasteiger partial charge in [0.25, 0.3) is 5.91 Å². The molecule has 7 nitrogen and oxygen atoms in total. The maximum absolute atomic E-state index is 12.1. The van der Waals surface area contributed by atoms with Crippen LogP contribution in [0.5, 0.6) is 5.75 Å². The third-order valence-electron chi connectivity index (χ3n) is 4.09. The number of nitrogens with one attached hydrogen (secondary N) is 2. The minimum Gasteiger partial charge on any atom is -0.482 e. The van der Waals surface area contributed by atoms with Crippen LogP contribution < -0.4 is 20.3 Å². The molecule has 0 spiro atoms. The smallest absolute Gasteiger partial charge is 0.265 e. The molecule has 0 aromatic heterocycles. The molecule has 0 fully saturated rings. The van der Waals surface area contributed by atoms with E-state index in [-0.39, 0.29) is 12.5 Å². The molecule has 0 aliphatic carbocycles. The minimum atomic E-state index is 0.000468. The van der Waals surface area contributed by atoms with E-state index in [4.69, 9.17) is 9.47 Å². The van der Waals surface area contributed by atoms with Gasteiger partial charge in [-0.1, -0.05) is 12.1 Å². The van der Waals surface area contributed by atoms with Crippen LogP contribution in [-0.4, -0.2) is 58.4 Å². The summed E-state index contributed by atoms with van der Waals surface area (Å²) in [5, 5.41) is 6.58. The zero-order valence-corrected chi connectivity index (χ0v) is 15.8. The van der Waals surface area contributed by atoms with Crippen molar-refractivity contribution in [1.82, 2.24) is 10.6 Å². The fraction of sp³-hybridized carbons (Fsp3) is 0.579. The molecular weight excluding hydrogens is 332 g/mol. The molecule has 0 saturated heterocycles. The number of aliphatic imine (C=N–C) groups is 1. The van der Waals surface area contributed by atoms with Crippen LogP contribution in [0.4, 0.5) is 5.69 Å². The van der Waals surface area contributed by atoms with E-state index in [1.165, 1.54) is 0 Å². The first-order valence-corrected chi connectivity index (χ1v) is 9.30. The largest absolute Gasteiger partial charge is 0.482 e. The number of nitrogens with zero attached hydrogens (tertiary/aromatic N) is 2. The number of guanidine groups is 1. The van der Waals surface area contributed by atoms with Gasteiger partial charge in [0.1, 0.15) is 5.75 Å². The Hall–Kier alpha value is -2.28. The Balaban J connectivity index is 1.67. The SMILES string of the molecule is CCOCCCCNC(=NC)NCCCN1C(=O)COc2ccccc21. The van der Waals surface area contributed by atoms with Gasteiger partial charge in [0.15, 0.2) is 12.6 Å². The average Bonchev–Trinajstić information content (AvgIpc) is 2.67. The van der Waals surface area contributed by atoms with Crippen molar-refractivity contribution in [1.29, 1.82) is 0 Å². The van der Waals surface area contributed by atoms with E-state index in [1.54, 1.807) is 11.9 Å². The van der Waals surface area contributed by atoms with Gasteiger partial charge < -0.3 is 25.0 Å². The van der Waals surface area contributed by atoms with E-state index in [1.807, 2.05) is 31.2 Å². The lowest BCUT2D eigenvalue weighted by Gasteiger charge is -2.29. The Morgan fingerprint density at radius 2 is 2.00 bits per heavy atom. The summed E-state index contributed by atoms with van der Waals surface area (Å²) in [5.41, 5.74) is 0.848. The predicted molar refractivity (Wildman–Crippen MR) is 104 cm³/mol. The molecule has 7 heteroatoms. The predicted octanol–water partition coefficient (Wildman–Crippen LogP) is 1.78. The molecule has 0 bridgehead atoms. The fourth-order valence-corrected chi connectivity index (χ4v) is 2.74. The average molecular weight is 362 g/mol. The number of rotatable bonds is 10. The van der Waals surface area contributed by atoms with Gasteiger partial charge in [-0.3, -0.25) is 9.79 Å². The molecule has 0 radical (unpaired) electrons. The quantitative estimate of drug-likeness (QED) is 0.377. The van der Waals surface area contributed by atoms with Gasteiger partial charge in [-0.05, 0) is 38.3 Å². The summed E-state index contributed by atoms with van der Waals surface area (Å²) in [6.45, 7) is 5.94. The number of carbonyl (C=O) groups is 1. The molecule has 1 aromatic rings. The highest BCUT2D eigenvalue weighted by atomic mass is 16.5. The molecular formula is C19H30N4O3. The van der Waals surface area contributed by atoms with E-state index < -0.39 is 0 Å². The summed E-state index contributed by atoms with van der Waals surface area (Å²) >= 11 is 0. The van der Waals surface area contributed by atoms with Crippen molar-refractivity contribution >= 4 is 17.6 Å². The standard InChI is InChI=1S/C19H30N4O3/c1-3-25-14-7-6-11-21-19(20-2)22-12-8-13-23-16-9-4-5-10-17(16)26-15-18(23)24/h4-5,9-10H,3,6-8,11-15H2,1-2H3,(H2,20,21,22). The number of hydrogen-bond donors (Lipinski definition) is 2. The number of ether oxygens (including phenoxy) is 2. The fourth-order valence-electron chi connectivity index (χ4n) is 2.74. The Bertz CT molecular complexity index is 592. The summed E-state index contributed by atoms with van der Waals surface area (Å²) in [6.07, 6.45) is 2.90. The molecule has 144 valence electrons. The number of para-hydroxylation sites is 2. The van der Waals surface area contributed by atoms with Crippen LogP contribution in [0.1, 0.15) is 26.2 Å². The molecule has 0 saturated carbocycles. The lowest BCUT2D eigenvalue weighted by Crippen LogP contribution is -2.42. The highest BCUT2D eigenvalue weighted by Gasteiger charge is 2.24. The summed E-state index contributed by atoms with van der Waals surface area (Å²) < 4.78 is 10.8. The van der Waals surface area contributed by atoms with Crippen molar-refractivity contribution in [3.05, 3.63) is 24.3 Å². The Morgan fingerprint density at radius 1 is 1.23 bits per heavy atom. The maximum Gasteiger partial charge on any atom is 0.265 e. The summed E-state index contributed by atoms with van der Waals surface area (Å²) in [7, 11) is 1.76. The number of benzene rings is 1. The molecule has 2 rings (SSSR count). The van der Waals surface area contributed by atoms with Crippen molar-refractivity contribution in [2.75, 3.05) is 51.4 Å². The Morgan fingerprint density at radius 3 is 2.77 bits per heavy atom. The third-order valence-corrected chi connectivity index (χ3v) is 4.09. The highest BCUT2D eigenvalue weighted by Crippen LogP contribution is 2.31. The van der Waals surface area contributed by atoms with E-state index in [0.29, 0.717) is 6.54 Å². The first kappa shape index (κ1) is 20.0. The van der Waals surface area contributed by atoms with Crippen LogP contribution in [0.25, 0.3) is 0 Å². The van der Waals surface area contributed by atoms with Crippen molar-refractivity contribution in [2.24, 2.45) is 4.99 Å². The van der Waals surface area contributed by atoms with Gasteiger partial charge >= 0.3 is 0 Å². The molecule has 0 unspecified atom stereocenters. The first-order chi connectivity index (χ1) is 12.8. The third kappa shape index (κ3) is 6.22. The van der Waals surface area contributed by atoms with E-state index in [0.717, 1.165) is 63.0 Å². The second-order valence-electron chi connectivity index (χ2n) is 5.99. The van der Waals surface area contributed by atoms with E-state index >= 15 is 0 Å². The van der Waals surface area contributed by atoms with Crippen LogP contribution in [-0.2, 0) is 9.53 Å². The Kier molecular flexibility index (Phi) is 8.75. The van der Waals surface area contributed by atoms with Crippen molar-refractivity contribution in [3.8, 4) is 5.75 Å². The molecule has 1 aliphatic rings. The molecule has 1 amide bonds. The molecule has 1 heterocycles. The minimum absolute atomic E-state index is 0.000468. The summed E-state index contributed by atoms with van der Waals surface area (Å²) in [6, 6.07) is 7.65. The second-order valence-corrected chi connectivity index (χ2v) is 5.99. The summed E-state index contributed by atoms with van der Waals surface area (Å²) in [5.74, 6) is 1.56. The number of anilines is 1. The molecule has 1 aromatic carbocycles. The summed E-state index contributed by atoms with van der Waals surface area (Å²) in [4.78, 5) is 18.1. The normalized spacial score (nSPS) is 14.0. The number of fused-ring (bicyclic) bond motifs is 1. The number of carbonyl (C=O) groups excluding carboxylic acids is 1. The van der Waals surface area contributed by atoms with Gasteiger partial charge in [0.2, 0.25) is 0 Å². The van der Waals surface area contributed by atoms with Gasteiger partial charge in [0, 0.05) is 39.9 Å². The monoisotopic (exact) mass is 362 g/mol. The zero-order chi connectivity index (χ0) is 18.6. The maximum atomic E-state index is 12.1. The van der Waals surface area contributed by atoms with Crippen molar-refractivity contribution in [2.45, 2.75) is 26.2 Å². The molecule has 0 atom stereocenters. The van der Waals surface area contributed by atoms with Crippen molar-refractivity contribution < 1.29 is 14.3 Å². The van der Waals surface area contributed by atoms with Crippen LogP contribution in [0, 0.1) is 0 Å². The Labute approximate surface area is 155 Å². The molecule has 2 N–H and O–H groups in total. The van der Waals surface area contributed by atoms with Crippen LogP contribution >= 0.6 is 0 Å². The van der Waals surface area contributed by atoms with Gasteiger partial charge in [-0.25, -0.2) is 0 Å². The second kappa shape index (κ2) is 11.4. The first-order valence-electron chi connectivity index (χ1n) is 9.30. The van der Waals surface area contributed by atoms with Crippen LogP contribution in [0.3, 0.4) is 0 Å². The molecule has 1 aliphatic heterocycles.